The molecule has 6 rings (SSSR count). The lowest BCUT2D eigenvalue weighted by molar-refractivity contribution is -0.155. The number of hydrogen-bond acceptors (Lipinski definition) is 5. The Morgan fingerprint density at radius 2 is 1.41 bits per heavy atom. The van der Waals surface area contributed by atoms with Crippen LogP contribution in [0.2, 0.25) is 39.3 Å². The third-order valence-electron chi connectivity index (χ3n) is 11.0. The summed E-state index contributed by atoms with van der Waals surface area (Å²) in [5, 5.41) is 14.0. The van der Waals surface area contributed by atoms with Crippen LogP contribution in [0.5, 0.6) is 0 Å². The Bertz CT molecular complexity index is 2190. The predicted octanol–water partition coefficient (Wildman–Crippen LogP) is 7.34. The van der Waals surface area contributed by atoms with E-state index in [-0.39, 0.29) is 29.6 Å². The average molecular weight is 834 g/mol. The third-order valence-corrected chi connectivity index (χ3v) is 18.5. The number of hydrogen-bond donors (Lipinski definition) is 1. The molecule has 0 aliphatic carbocycles. The fourth-order valence-corrected chi connectivity index (χ4v) is 15.9. The summed E-state index contributed by atoms with van der Waals surface area (Å²) in [5.74, 6) is -2.53. The summed E-state index contributed by atoms with van der Waals surface area (Å²) in [5.41, 5.74) is 2.25. The summed E-state index contributed by atoms with van der Waals surface area (Å²) in [6, 6.07) is 33.6. The molecule has 0 unspecified atom stereocenters. The van der Waals surface area contributed by atoms with Crippen LogP contribution in [0.1, 0.15) is 34.8 Å². The molecule has 0 radical (unpaired) electrons. The number of amides is 3. The number of carbonyl (C=O) groups is 4. The second-order valence-electron chi connectivity index (χ2n) is 17.2. The van der Waals surface area contributed by atoms with E-state index in [1.165, 1.54) is 4.90 Å². The molecule has 2 aliphatic rings. The highest BCUT2D eigenvalue weighted by atomic mass is 31.2. The Labute approximate surface area is 345 Å². The molecule has 2 aliphatic heterocycles. The summed E-state index contributed by atoms with van der Waals surface area (Å²) >= 11 is 0. The number of carboxylic acid groups (broad SMARTS) is 1. The molecule has 2 saturated heterocycles. The standard InChI is InChI=1S/C46H56N3O6PSi2/c1-9-18-36-19-16-17-24-41(36)56(37-20-12-10-13-21-37,38-22-14-11-15-23-38)44(45(52)53)49-39(42(43(49)51)33(2)55-58(6,7)8)31-40(50)35-27-25-34(26-28-35)32-47-29-30-48(46(47)54)57(3,4)5/h9-17,19-28,33,39,42H,1,18,29-32H2,2-8H3,(H,52,53)/t33-,39-,42-/m1/s1. The Kier molecular flexibility index (Phi) is 12.7. The monoisotopic (exact) mass is 833 g/mol. The molecule has 0 aromatic heterocycles. The molecular weight excluding hydrogens is 778 g/mol. The van der Waals surface area contributed by atoms with Crippen LogP contribution in [0, 0.1) is 5.92 Å². The molecule has 12 heteroatoms. The van der Waals surface area contributed by atoms with E-state index in [1.807, 2.05) is 120 Å². The van der Waals surface area contributed by atoms with E-state index in [9.17, 15) is 24.3 Å². The van der Waals surface area contributed by atoms with Crippen LogP contribution in [-0.2, 0) is 27.0 Å². The molecule has 3 atom stereocenters. The van der Waals surface area contributed by atoms with Gasteiger partial charge in [0.1, 0.15) is 5.42 Å². The Balaban J connectivity index is 1.49. The maximum absolute atomic E-state index is 14.9. The number of ketones is 1. The van der Waals surface area contributed by atoms with Crippen molar-refractivity contribution in [1.29, 1.82) is 0 Å². The fraction of sp³-hybridized carbons (Fsp3) is 0.326. The lowest BCUT2D eigenvalue weighted by Crippen LogP contribution is -2.69. The number of rotatable bonds is 16. The van der Waals surface area contributed by atoms with Crippen LogP contribution < -0.4 is 15.9 Å². The van der Waals surface area contributed by atoms with E-state index >= 15 is 0 Å². The van der Waals surface area contributed by atoms with Crippen LogP contribution in [0.4, 0.5) is 4.79 Å². The molecule has 0 bridgehead atoms. The smallest absolute Gasteiger partial charge is 0.353 e. The number of benzene rings is 4. The Morgan fingerprint density at radius 1 is 0.845 bits per heavy atom. The average Bonchev–Trinajstić information content (AvgIpc) is 3.55. The molecule has 1 N–H and O–H groups in total. The van der Waals surface area contributed by atoms with Gasteiger partial charge < -0.3 is 23.9 Å². The van der Waals surface area contributed by atoms with E-state index in [2.05, 4.69) is 45.9 Å². The van der Waals surface area contributed by atoms with Gasteiger partial charge in [0.05, 0.1) is 18.1 Å². The first-order chi connectivity index (χ1) is 27.5. The fourth-order valence-electron chi connectivity index (χ4n) is 8.53. The molecule has 4 aromatic rings. The largest absolute Gasteiger partial charge is 0.477 e. The van der Waals surface area contributed by atoms with Crippen molar-refractivity contribution in [3.63, 3.8) is 0 Å². The molecule has 0 spiro atoms. The lowest BCUT2D eigenvalue weighted by atomic mass is 9.79. The zero-order valence-corrected chi connectivity index (χ0v) is 37.6. The SMILES string of the molecule is C=CCc1ccccc1P(=C(C(=O)O)N1C(=O)[C@H]([C@@H](C)O[Si](C)(C)C)[C@H]1CC(=O)c1ccc(CN2CCN([Si](C)(C)C)C2=O)cc1)(c1ccccc1)c1ccccc1. The first-order valence-corrected chi connectivity index (χ1v) is 28.6. The quantitative estimate of drug-likeness (QED) is 0.0417. The maximum Gasteiger partial charge on any atom is 0.353 e. The minimum Gasteiger partial charge on any atom is -0.477 e. The summed E-state index contributed by atoms with van der Waals surface area (Å²) in [6.45, 7) is 17.0. The highest BCUT2D eigenvalue weighted by molar-refractivity contribution is 7.96. The molecule has 58 heavy (non-hydrogen) atoms. The lowest BCUT2D eigenvalue weighted by Gasteiger charge is -2.52. The molecule has 9 nitrogen and oxygen atoms in total. The normalized spacial score (nSPS) is 17.9. The number of nitrogens with zero attached hydrogens (tertiary/aromatic N) is 3. The first-order valence-electron chi connectivity index (χ1n) is 20.0. The number of urea groups is 1. The number of allylic oxidation sites excluding steroid dienone is 1. The summed E-state index contributed by atoms with van der Waals surface area (Å²) in [4.78, 5) is 60.0. The second-order valence-corrected chi connectivity index (χ2v) is 29.8. The van der Waals surface area contributed by atoms with Gasteiger partial charge in [0.25, 0.3) is 0 Å². The molecule has 4 aromatic carbocycles. The van der Waals surface area contributed by atoms with Gasteiger partial charge in [0.2, 0.25) is 5.91 Å². The van der Waals surface area contributed by atoms with Gasteiger partial charge in [-0.15, -0.1) is 6.58 Å². The summed E-state index contributed by atoms with van der Waals surface area (Å²) < 4.78 is 8.52. The second kappa shape index (κ2) is 17.2. The topological polar surface area (TPSA) is 107 Å². The van der Waals surface area contributed by atoms with Crippen molar-refractivity contribution >= 4 is 68.5 Å². The molecule has 304 valence electrons. The summed E-state index contributed by atoms with van der Waals surface area (Å²) in [7, 11) is -3.95. The number of Topliss-reactive ketones (excluding diaryl/α,β-unsaturated/α-hetero) is 1. The highest BCUT2D eigenvalue weighted by Gasteiger charge is 2.56. The van der Waals surface area contributed by atoms with Crippen molar-refractivity contribution in [2.45, 2.75) is 77.7 Å². The van der Waals surface area contributed by atoms with Gasteiger partial charge in [0, 0.05) is 38.5 Å². The van der Waals surface area contributed by atoms with Gasteiger partial charge in [-0.3, -0.25) is 9.59 Å². The van der Waals surface area contributed by atoms with E-state index in [0.29, 0.717) is 25.1 Å². The first kappa shape index (κ1) is 42.8. The van der Waals surface area contributed by atoms with Gasteiger partial charge in [0.15, 0.2) is 22.3 Å². The third kappa shape index (κ3) is 8.50. The van der Waals surface area contributed by atoms with Gasteiger partial charge in [-0.25, -0.2) is 9.59 Å². The number of likely N-dealkylation sites (tertiary alicyclic amines) is 1. The van der Waals surface area contributed by atoms with Gasteiger partial charge in [-0.1, -0.05) is 135 Å². The molecule has 2 heterocycles. The number of carboxylic acids is 1. The van der Waals surface area contributed by atoms with Crippen LogP contribution >= 0.6 is 6.89 Å². The molecule has 0 saturated carbocycles. The van der Waals surface area contributed by atoms with E-state index < -0.39 is 47.5 Å². The van der Waals surface area contributed by atoms with Crippen molar-refractivity contribution in [1.82, 2.24) is 14.4 Å². The Hall–Kier alpha value is -4.81. The Morgan fingerprint density at radius 3 is 1.93 bits per heavy atom. The van der Waals surface area contributed by atoms with Crippen molar-refractivity contribution in [3.05, 3.63) is 139 Å². The van der Waals surface area contributed by atoms with Crippen LogP contribution in [0.3, 0.4) is 0 Å². The molecular formula is C46H56N3O6PSi2. The number of aliphatic carboxylic acids is 1. The van der Waals surface area contributed by atoms with Crippen molar-refractivity contribution < 1.29 is 28.7 Å². The minimum absolute atomic E-state index is 0.0290. The van der Waals surface area contributed by atoms with Gasteiger partial charge >= 0.3 is 12.0 Å². The van der Waals surface area contributed by atoms with Gasteiger partial charge in [-0.05, 0) is 60.0 Å². The van der Waals surface area contributed by atoms with E-state index in [4.69, 9.17) is 4.43 Å². The minimum atomic E-state index is -3.34. The zero-order chi connectivity index (χ0) is 42.0. The van der Waals surface area contributed by atoms with Crippen molar-refractivity contribution in [3.8, 4) is 0 Å². The number of carbonyl (C=O) groups excluding carboxylic acids is 3. The zero-order valence-electron chi connectivity index (χ0n) is 34.7. The highest BCUT2D eigenvalue weighted by Crippen LogP contribution is 2.51. The predicted molar refractivity (Wildman–Crippen MR) is 241 cm³/mol. The maximum atomic E-state index is 14.9. The van der Waals surface area contributed by atoms with E-state index in [1.54, 1.807) is 12.1 Å². The van der Waals surface area contributed by atoms with Crippen LogP contribution in [0.25, 0.3) is 0 Å². The van der Waals surface area contributed by atoms with Crippen molar-refractivity contribution in [2.75, 3.05) is 13.1 Å². The van der Waals surface area contributed by atoms with E-state index in [0.717, 1.165) is 33.6 Å². The number of β-lactam (4-membered cyclic amide) rings is 1. The van der Waals surface area contributed by atoms with Gasteiger partial charge in [-0.2, -0.15) is 0 Å². The molecule has 3 amide bonds. The summed E-state index contributed by atoms with van der Waals surface area (Å²) in [6.07, 6.45) is 1.65. The van der Waals surface area contributed by atoms with Crippen LogP contribution in [-0.4, -0.2) is 90.4 Å². The van der Waals surface area contributed by atoms with Crippen molar-refractivity contribution in [2.24, 2.45) is 5.92 Å². The molecule has 2 fully saturated rings. The van der Waals surface area contributed by atoms with Crippen LogP contribution in [0.15, 0.2) is 122 Å².